The van der Waals surface area contributed by atoms with Gasteiger partial charge in [-0.3, -0.25) is 0 Å². The third kappa shape index (κ3) is 3.48. The monoisotopic (exact) mass is 281 g/mol. The first-order valence-corrected chi connectivity index (χ1v) is 5.44. The predicted molar refractivity (Wildman–Crippen MR) is 63.2 cm³/mol. The van der Waals surface area contributed by atoms with Crippen LogP contribution < -0.4 is 4.74 Å². The molecule has 0 aliphatic heterocycles. The molecule has 0 bridgehead atoms. The van der Waals surface area contributed by atoms with Crippen LogP contribution in [0.15, 0.2) is 42.5 Å². The largest absolute Gasteiger partial charge is 0.573 e. The Balaban J connectivity index is 2.49. The van der Waals surface area contributed by atoms with Gasteiger partial charge in [-0.25, -0.2) is 4.39 Å². The molecule has 0 radical (unpaired) electrons. The average molecular weight is 281 g/mol. The number of hydrogen-bond donors (Lipinski definition) is 0. The van der Waals surface area contributed by atoms with Crippen LogP contribution in [-0.4, -0.2) is 6.36 Å². The first-order valence-electron chi connectivity index (χ1n) is 5.44. The molecular weight excluding hydrogens is 274 g/mol. The molecule has 0 aromatic heterocycles. The number of hydrogen-bond acceptors (Lipinski definition) is 2. The van der Waals surface area contributed by atoms with Crippen LogP contribution in [0.4, 0.5) is 17.6 Å². The Morgan fingerprint density at radius 3 is 2.35 bits per heavy atom. The second kappa shape index (κ2) is 5.21. The molecule has 2 nitrogen and oxygen atoms in total. The van der Waals surface area contributed by atoms with Gasteiger partial charge < -0.3 is 4.74 Å². The zero-order valence-electron chi connectivity index (χ0n) is 9.91. The summed E-state index contributed by atoms with van der Waals surface area (Å²) in [6.07, 6.45) is -4.85. The minimum Gasteiger partial charge on any atom is -0.406 e. The maximum absolute atomic E-state index is 13.1. The van der Waals surface area contributed by atoms with Gasteiger partial charge in [-0.15, -0.1) is 13.2 Å². The minimum absolute atomic E-state index is 0.00832. The summed E-state index contributed by atoms with van der Waals surface area (Å²) in [7, 11) is 0. The molecule has 2 aromatic carbocycles. The van der Waals surface area contributed by atoms with Crippen molar-refractivity contribution in [3.63, 3.8) is 0 Å². The van der Waals surface area contributed by atoms with Gasteiger partial charge in [0.25, 0.3) is 0 Å². The molecule has 0 saturated carbocycles. The van der Waals surface area contributed by atoms with E-state index in [9.17, 15) is 17.6 Å². The van der Waals surface area contributed by atoms with Gasteiger partial charge in [0, 0.05) is 0 Å². The van der Waals surface area contributed by atoms with Crippen LogP contribution in [0.3, 0.4) is 0 Å². The van der Waals surface area contributed by atoms with Crippen LogP contribution in [0.25, 0.3) is 11.1 Å². The van der Waals surface area contributed by atoms with Crippen molar-refractivity contribution < 1.29 is 22.3 Å². The van der Waals surface area contributed by atoms with Gasteiger partial charge in [0.2, 0.25) is 0 Å². The Kier molecular flexibility index (Phi) is 3.61. The SMILES string of the molecule is N#Cc1cc(OC(F)(F)F)cc(-c2cccc(F)c2)c1. The highest BCUT2D eigenvalue weighted by atomic mass is 19.4. The quantitative estimate of drug-likeness (QED) is 0.770. The van der Waals surface area contributed by atoms with E-state index >= 15 is 0 Å². The summed E-state index contributed by atoms with van der Waals surface area (Å²) < 4.78 is 53.6. The summed E-state index contributed by atoms with van der Waals surface area (Å²) >= 11 is 0. The molecule has 0 aliphatic rings. The standard InChI is InChI=1S/C14H7F4NO/c15-12-3-1-2-10(6-12)11-4-9(8-19)5-13(7-11)20-14(16,17)18/h1-7H. The van der Waals surface area contributed by atoms with E-state index < -0.39 is 17.9 Å². The molecule has 2 rings (SSSR count). The molecule has 0 fully saturated rings. The number of nitrogens with zero attached hydrogens (tertiary/aromatic N) is 1. The van der Waals surface area contributed by atoms with Gasteiger partial charge >= 0.3 is 6.36 Å². The van der Waals surface area contributed by atoms with E-state index in [1.165, 1.54) is 24.3 Å². The molecule has 20 heavy (non-hydrogen) atoms. The van der Waals surface area contributed by atoms with Gasteiger partial charge in [-0.2, -0.15) is 5.26 Å². The zero-order valence-corrected chi connectivity index (χ0v) is 9.91. The molecule has 0 aliphatic carbocycles. The van der Waals surface area contributed by atoms with E-state index in [-0.39, 0.29) is 11.1 Å². The lowest BCUT2D eigenvalue weighted by atomic mass is 10.0. The van der Waals surface area contributed by atoms with Crippen molar-refractivity contribution in [2.24, 2.45) is 0 Å². The first-order chi connectivity index (χ1) is 9.37. The van der Waals surface area contributed by atoms with E-state index in [2.05, 4.69) is 4.74 Å². The van der Waals surface area contributed by atoms with Crippen LogP contribution in [0.5, 0.6) is 5.75 Å². The number of halogens is 4. The van der Waals surface area contributed by atoms with Gasteiger partial charge in [-0.05, 0) is 41.5 Å². The Morgan fingerprint density at radius 2 is 1.75 bits per heavy atom. The van der Waals surface area contributed by atoms with Gasteiger partial charge in [0.15, 0.2) is 0 Å². The Morgan fingerprint density at radius 1 is 1.00 bits per heavy atom. The molecule has 0 atom stereocenters. The molecule has 102 valence electrons. The second-order valence-corrected chi connectivity index (χ2v) is 3.92. The first kappa shape index (κ1) is 13.9. The van der Waals surface area contributed by atoms with Crippen LogP contribution in [0, 0.1) is 17.1 Å². The lowest BCUT2D eigenvalue weighted by Gasteiger charge is -2.11. The zero-order chi connectivity index (χ0) is 14.8. The van der Waals surface area contributed by atoms with E-state index in [1.807, 2.05) is 0 Å². The van der Waals surface area contributed by atoms with Crippen molar-refractivity contribution in [2.75, 3.05) is 0 Å². The van der Waals surface area contributed by atoms with Crippen LogP contribution in [0.2, 0.25) is 0 Å². The molecule has 0 unspecified atom stereocenters. The number of ether oxygens (including phenoxy) is 1. The van der Waals surface area contributed by atoms with E-state index in [4.69, 9.17) is 5.26 Å². The smallest absolute Gasteiger partial charge is 0.406 e. The molecule has 0 N–H and O–H groups in total. The third-order valence-corrected chi connectivity index (χ3v) is 2.43. The summed E-state index contributed by atoms with van der Waals surface area (Å²) in [4.78, 5) is 0. The van der Waals surface area contributed by atoms with Gasteiger partial charge in [0.1, 0.15) is 11.6 Å². The predicted octanol–water partition coefficient (Wildman–Crippen LogP) is 4.26. The Hall–Kier alpha value is -2.55. The lowest BCUT2D eigenvalue weighted by molar-refractivity contribution is -0.274. The summed E-state index contributed by atoms with van der Waals surface area (Å²) in [6, 6.07) is 10.5. The molecule has 2 aromatic rings. The van der Waals surface area contributed by atoms with Crippen LogP contribution in [-0.2, 0) is 0 Å². The number of benzene rings is 2. The van der Waals surface area contributed by atoms with Crippen LogP contribution in [0.1, 0.15) is 5.56 Å². The normalized spacial score (nSPS) is 10.9. The van der Waals surface area contributed by atoms with Crippen molar-refractivity contribution in [1.82, 2.24) is 0 Å². The molecule has 0 heterocycles. The van der Waals surface area contributed by atoms with E-state index in [1.54, 1.807) is 6.07 Å². The summed E-state index contributed by atoms with van der Waals surface area (Å²) in [6.45, 7) is 0. The fourth-order valence-electron chi connectivity index (χ4n) is 1.69. The summed E-state index contributed by atoms with van der Waals surface area (Å²) in [5.74, 6) is -1.04. The fraction of sp³-hybridized carbons (Fsp3) is 0.0714. The van der Waals surface area contributed by atoms with Gasteiger partial charge in [0.05, 0.1) is 11.6 Å². The molecule has 0 saturated heterocycles. The average Bonchev–Trinajstić information content (AvgIpc) is 2.36. The number of rotatable bonds is 2. The lowest BCUT2D eigenvalue weighted by Crippen LogP contribution is -2.17. The van der Waals surface area contributed by atoms with E-state index in [0.717, 1.165) is 18.2 Å². The minimum atomic E-state index is -4.85. The summed E-state index contributed by atoms with van der Waals surface area (Å²) in [5, 5.41) is 8.83. The highest BCUT2D eigenvalue weighted by Gasteiger charge is 2.31. The highest BCUT2D eigenvalue weighted by Crippen LogP contribution is 2.29. The number of nitriles is 1. The fourth-order valence-corrected chi connectivity index (χ4v) is 1.69. The maximum Gasteiger partial charge on any atom is 0.573 e. The topological polar surface area (TPSA) is 33.0 Å². The third-order valence-electron chi connectivity index (χ3n) is 2.43. The van der Waals surface area contributed by atoms with Crippen molar-refractivity contribution >= 4 is 0 Å². The van der Waals surface area contributed by atoms with Crippen molar-refractivity contribution in [1.29, 1.82) is 5.26 Å². The second-order valence-electron chi connectivity index (χ2n) is 3.92. The Labute approximate surface area is 111 Å². The maximum atomic E-state index is 13.1. The van der Waals surface area contributed by atoms with Crippen molar-refractivity contribution in [3.05, 3.63) is 53.8 Å². The van der Waals surface area contributed by atoms with Gasteiger partial charge in [-0.1, -0.05) is 12.1 Å². The number of alkyl halides is 3. The molecule has 0 amide bonds. The molecule has 0 spiro atoms. The Bertz CT molecular complexity index is 674. The molecular formula is C14H7F4NO. The van der Waals surface area contributed by atoms with Crippen molar-refractivity contribution in [3.8, 4) is 22.9 Å². The van der Waals surface area contributed by atoms with Crippen LogP contribution >= 0.6 is 0 Å². The summed E-state index contributed by atoms with van der Waals surface area (Å²) in [5.41, 5.74) is 0.614. The highest BCUT2D eigenvalue weighted by molar-refractivity contribution is 5.67. The van der Waals surface area contributed by atoms with Crippen molar-refractivity contribution in [2.45, 2.75) is 6.36 Å². The molecule has 6 heteroatoms. The van der Waals surface area contributed by atoms with E-state index in [0.29, 0.717) is 5.56 Å².